The molecule has 2 heterocycles. The summed E-state index contributed by atoms with van der Waals surface area (Å²) in [4.78, 5) is 8.71. The number of thioether (sulfide) groups is 1. The number of nitrogens with zero attached hydrogens (tertiary/aromatic N) is 5. The van der Waals surface area contributed by atoms with Gasteiger partial charge in [0.1, 0.15) is 11.4 Å². The summed E-state index contributed by atoms with van der Waals surface area (Å²) in [7, 11) is 0. The van der Waals surface area contributed by atoms with E-state index >= 15 is 0 Å². The number of aromatic nitrogens is 5. The van der Waals surface area contributed by atoms with Crippen molar-refractivity contribution in [2.75, 3.05) is 0 Å². The molecule has 0 N–H and O–H groups in total. The van der Waals surface area contributed by atoms with E-state index in [1.165, 1.54) is 0 Å². The summed E-state index contributed by atoms with van der Waals surface area (Å²) >= 11 is 13.6. The van der Waals surface area contributed by atoms with Crippen LogP contribution in [0.3, 0.4) is 0 Å². The van der Waals surface area contributed by atoms with Gasteiger partial charge in [0.25, 0.3) is 0 Å². The fraction of sp³-hybridized carbons (Fsp3) is 0.111. The molecule has 0 radical (unpaired) electrons. The van der Waals surface area contributed by atoms with Crippen molar-refractivity contribution >= 4 is 46.1 Å². The number of halogens is 2. The van der Waals surface area contributed by atoms with Crippen LogP contribution in [0.2, 0.25) is 10.0 Å². The minimum atomic E-state index is 0.573. The van der Waals surface area contributed by atoms with E-state index < -0.39 is 0 Å². The summed E-state index contributed by atoms with van der Waals surface area (Å²) in [6, 6.07) is 15.4. The lowest BCUT2D eigenvalue weighted by molar-refractivity contribution is 0.664. The molecule has 0 fully saturated rings. The molecule has 0 atom stereocenters. The SMILES string of the molecule is Clc1ccc(Cn2nnc3c(SCc4cccc(Cl)c4)ncnc32)cc1. The Balaban J connectivity index is 1.57. The monoisotopic (exact) mass is 401 g/mol. The van der Waals surface area contributed by atoms with Crippen LogP contribution in [0.4, 0.5) is 0 Å². The number of fused-ring (bicyclic) bond motifs is 1. The van der Waals surface area contributed by atoms with E-state index in [0.29, 0.717) is 22.7 Å². The molecular formula is C18H13Cl2N5S. The summed E-state index contributed by atoms with van der Waals surface area (Å²) < 4.78 is 1.77. The third kappa shape index (κ3) is 3.82. The van der Waals surface area contributed by atoms with Crippen LogP contribution in [0.5, 0.6) is 0 Å². The Bertz CT molecular complexity index is 1050. The fourth-order valence-electron chi connectivity index (χ4n) is 2.52. The summed E-state index contributed by atoms with van der Waals surface area (Å²) in [6.45, 7) is 0.573. The van der Waals surface area contributed by atoms with Crippen molar-refractivity contribution in [3.63, 3.8) is 0 Å². The average molecular weight is 402 g/mol. The lowest BCUT2D eigenvalue weighted by Crippen LogP contribution is -2.03. The highest BCUT2D eigenvalue weighted by Gasteiger charge is 2.12. The van der Waals surface area contributed by atoms with Gasteiger partial charge >= 0.3 is 0 Å². The first-order valence-electron chi connectivity index (χ1n) is 7.85. The van der Waals surface area contributed by atoms with Gasteiger partial charge in [-0.1, -0.05) is 64.4 Å². The van der Waals surface area contributed by atoms with Crippen LogP contribution in [0.15, 0.2) is 59.9 Å². The van der Waals surface area contributed by atoms with E-state index in [9.17, 15) is 0 Å². The highest BCUT2D eigenvalue weighted by molar-refractivity contribution is 7.98. The standard InChI is InChI=1S/C18H13Cl2N5S/c19-14-6-4-12(5-7-14)9-25-17-16(23-24-25)18(22-11-21-17)26-10-13-2-1-3-15(20)8-13/h1-8,11H,9-10H2. The molecule has 0 aliphatic carbocycles. The molecular weight excluding hydrogens is 389 g/mol. The Labute approximate surface area is 164 Å². The van der Waals surface area contributed by atoms with Gasteiger partial charge < -0.3 is 0 Å². The van der Waals surface area contributed by atoms with Crippen LogP contribution in [-0.4, -0.2) is 25.0 Å². The van der Waals surface area contributed by atoms with Gasteiger partial charge in [-0.05, 0) is 35.4 Å². The molecule has 130 valence electrons. The Morgan fingerprint density at radius 1 is 0.923 bits per heavy atom. The van der Waals surface area contributed by atoms with Gasteiger partial charge in [-0.15, -0.1) is 5.10 Å². The third-order valence-corrected chi connectivity index (χ3v) is 5.31. The van der Waals surface area contributed by atoms with Crippen LogP contribution in [-0.2, 0) is 12.3 Å². The summed E-state index contributed by atoms with van der Waals surface area (Å²) in [5, 5.41) is 10.8. The highest BCUT2D eigenvalue weighted by Crippen LogP contribution is 2.27. The van der Waals surface area contributed by atoms with Crippen molar-refractivity contribution in [2.24, 2.45) is 0 Å². The maximum atomic E-state index is 6.04. The molecule has 0 unspecified atom stereocenters. The molecule has 0 amide bonds. The summed E-state index contributed by atoms with van der Waals surface area (Å²) in [6.07, 6.45) is 1.55. The molecule has 2 aromatic carbocycles. The van der Waals surface area contributed by atoms with Crippen LogP contribution >= 0.6 is 35.0 Å². The smallest absolute Gasteiger partial charge is 0.183 e. The Kier molecular flexibility index (Phi) is 5.06. The average Bonchev–Trinajstić information content (AvgIpc) is 3.05. The predicted molar refractivity (Wildman–Crippen MR) is 105 cm³/mol. The maximum Gasteiger partial charge on any atom is 0.183 e. The maximum absolute atomic E-state index is 6.04. The second-order valence-corrected chi connectivity index (χ2v) is 7.48. The van der Waals surface area contributed by atoms with Crippen molar-refractivity contribution < 1.29 is 0 Å². The lowest BCUT2D eigenvalue weighted by atomic mass is 10.2. The molecule has 5 nitrogen and oxygen atoms in total. The van der Waals surface area contributed by atoms with Gasteiger partial charge in [-0.3, -0.25) is 0 Å². The van der Waals surface area contributed by atoms with Gasteiger partial charge in [0, 0.05) is 15.8 Å². The fourth-order valence-corrected chi connectivity index (χ4v) is 3.74. The molecule has 0 saturated heterocycles. The van der Waals surface area contributed by atoms with Crippen LogP contribution in [0.25, 0.3) is 11.2 Å². The minimum absolute atomic E-state index is 0.573. The van der Waals surface area contributed by atoms with Crippen molar-refractivity contribution in [1.29, 1.82) is 0 Å². The van der Waals surface area contributed by atoms with Crippen molar-refractivity contribution in [2.45, 2.75) is 17.3 Å². The molecule has 26 heavy (non-hydrogen) atoms. The van der Waals surface area contributed by atoms with Crippen LogP contribution < -0.4 is 0 Å². The predicted octanol–water partition coefficient (Wildman–Crippen LogP) is 4.87. The number of hydrogen-bond acceptors (Lipinski definition) is 5. The summed E-state index contributed by atoms with van der Waals surface area (Å²) in [5.41, 5.74) is 3.62. The number of rotatable bonds is 5. The van der Waals surface area contributed by atoms with E-state index in [1.807, 2.05) is 48.5 Å². The Morgan fingerprint density at radius 3 is 2.58 bits per heavy atom. The zero-order chi connectivity index (χ0) is 17.9. The topological polar surface area (TPSA) is 56.5 Å². The van der Waals surface area contributed by atoms with E-state index in [-0.39, 0.29) is 0 Å². The molecule has 4 rings (SSSR count). The van der Waals surface area contributed by atoms with E-state index in [1.54, 1.807) is 22.8 Å². The second-order valence-electron chi connectivity index (χ2n) is 5.64. The normalized spacial score (nSPS) is 11.2. The molecule has 0 saturated carbocycles. The Morgan fingerprint density at radius 2 is 1.77 bits per heavy atom. The highest BCUT2D eigenvalue weighted by atomic mass is 35.5. The lowest BCUT2D eigenvalue weighted by Gasteiger charge is -2.04. The quantitative estimate of drug-likeness (QED) is 0.352. The molecule has 0 aliphatic rings. The third-order valence-electron chi connectivity index (χ3n) is 3.78. The first kappa shape index (κ1) is 17.3. The molecule has 0 aliphatic heterocycles. The zero-order valence-corrected chi connectivity index (χ0v) is 15.8. The molecule has 8 heteroatoms. The molecule has 4 aromatic rings. The largest absolute Gasteiger partial charge is 0.227 e. The van der Waals surface area contributed by atoms with Gasteiger partial charge in [-0.2, -0.15) is 0 Å². The first-order valence-corrected chi connectivity index (χ1v) is 9.59. The second kappa shape index (κ2) is 7.61. The molecule has 2 aromatic heterocycles. The van der Waals surface area contributed by atoms with E-state index in [0.717, 1.165) is 26.9 Å². The van der Waals surface area contributed by atoms with Gasteiger partial charge in [-0.25, -0.2) is 14.6 Å². The summed E-state index contributed by atoms with van der Waals surface area (Å²) in [5.74, 6) is 0.747. The number of hydrogen-bond donors (Lipinski definition) is 0. The van der Waals surface area contributed by atoms with Crippen LogP contribution in [0, 0.1) is 0 Å². The zero-order valence-electron chi connectivity index (χ0n) is 13.5. The van der Waals surface area contributed by atoms with Crippen molar-refractivity contribution in [3.8, 4) is 0 Å². The van der Waals surface area contributed by atoms with Crippen molar-refractivity contribution in [1.82, 2.24) is 25.0 Å². The van der Waals surface area contributed by atoms with E-state index in [2.05, 4.69) is 20.3 Å². The van der Waals surface area contributed by atoms with Gasteiger partial charge in [0.05, 0.1) is 6.54 Å². The Hall–Kier alpha value is -2.15. The van der Waals surface area contributed by atoms with Crippen molar-refractivity contribution in [3.05, 3.63) is 76.0 Å². The first-order chi connectivity index (χ1) is 12.7. The van der Waals surface area contributed by atoms with E-state index in [4.69, 9.17) is 23.2 Å². The minimum Gasteiger partial charge on any atom is -0.227 e. The number of benzene rings is 2. The molecule has 0 bridgehead atoms. The van der Waals surface area contributed by atoms with Crippen LogP contribution in [0.1, 0.15) is 11.1 Å². The molecule has 0 spiro atoms. The van der Waals surface area contributed by atoms with Gasteiger partial charge in [0.15, 0.2) is 11.2 Å². The van der Waals surface area contributed by atoms with Gasteiger partial charge in [0.2, 0.25) is 0 Å².